The lowest BCUT2D eigenvalue weighted by atomic mass is 9.91. The summed E-state index contributed by atoms with van der Waals surface area (Å²) in [5.74, 6) is 0.299. The van der Waals surface area contributed by atoms with Gasteiger partial charge in [0.1, 0.15) is 11.4 Å². The van der Waals surface area contributed by atoms with Crippen LogP contribution in [0.15, 0.2) is 30.3 Å². The van der Waals surface area contributed by atoms with Gasteiger partial charge in [-0.1, -0.05) is 17.7 Å². The maximum absolute atomic E-state index is 13.7. The summed E-state index contributed by atoms with van der Waals surface area (Å²) in [6, 6.07) is 8.08. The normalized spacial score (nSPS) is 18.0. The number of amides is 1. The molecule has 1 atom stereocenters. The van der Waals surface area contributed by atoms with Gasteiger partial charge in [0.15, 0.2) is 11.5 Å². The van der Waals surface area contributed by atoms with Crippen LogP contribution < -0.4 is 14.8 Å². The van der Waals surface area contributed by atoms with E-state index < -0.39 is 11.4 Å². The summed E-state index contributed by atoms with van der Waals surface area (Å²) in [5, 5.41) is 11.6. The van der Waals surface area contributed by atoms with Crippen LogP contribution in [0.5, 0.6) is 11.5 Å². The highest BCUT2D eigenvalue weighted by Crippen LogP contribution is 2.44. The summed E-state index contributed by atoms with van der Waals surface area (Å²) in [4.78, 5) is 12.2. The zero-order valence-electron chi connectivity index (χ0n) is 15.1. The minimum Gasteiger partial charge on any atom is -0.493 e. The molecule has 1 heterocycles. The number of halogens is 2. The molecular weight excluding hydrogens is 373 g/mol. The molecule has 0 spiro atoms. The Labute approximate surface area is 162 Å². The number of rotatable bonds is 6. The van der Waals surface area contributed by atoms with E-state index in [1.807, 2.05) is 6.92 Å². The highest BCUT2D eigenvalue weighted by atomic mass is 35.5. The largest absolute Gasteiger partial charge is 0.493 e. The molecule has 1 amide bonds. The van der Waals surface area contributed by atoms with Crippen LogP contribution in [0.3, 0.4) is 0 Å². The SMILES string of the molecule is COc1cc(C(=O)NCCO)cc2c1O[C@@](C)(Cc1ccc(Cl)c(F)c1)C2. The van der Waals surface area contributed by atoms with E-state index in [0.717, 1.165) is 11.1 Å². The lowest BCUT2D eigenvalue weighted by molar-refractivity contribution is 0.0944. The molecule has 0 bridgehead atoms. The summed E-state index contributed by atoms with van der Waals surface area (Å²) in [6.45, 7) is 1.98. The van der Waals surface area contributed by atoms with Crippen LogP contribution >= 0.6 is 11.6 Å². The molecule has 1 aliphatic heterocycles. The van der Waals surface area contributed by atoms with Gasteiger partial charge in [-0.2, -0.15) is 0 Å². The minimum absolute atomic E-state index is 0.0831. The first-order valence-electron chi connectivity index (χ1n) is 8.58. The van der Waals surface area contributed by atoms with Gasteiger partial charge in [-0.15, -0.1) is 0 Å². The van der Waals surface area contributed by atoms with Crippen LogP contribution in [0.4, 0.5) is 4.39 Å². The topological polar surface area (TPSA) is 67.8 Å². The molecule has 27 heavy (non-hydrogen) atoms. The summed E-state index contributed by atoms with van der Waals surface area (Å²) in [6.07, 6.45) is 1.02. The number of ether oxygens (including phenoxy) is 2. The van der Waals surface area contributed by atoms with Gasteiger partial charge < -0.3 is 19.9 Å². The fraction of sp³-hybridized carbons (Fsp3) is 0.350. The van der Waals surface area contributed by atoms with Crippen LogP contribution in [-0.2, 0) is 12.8 Å². The van der Waals surface area contributed by atoms with E-state index in [9.17, 15) is 9.18 Å². The molecule has 0 radical (unpaired) electrons. The van der Waals surface area contributed by atoms with E-state index in [4.69, 9.17) is 26.2 Å². The monoisotopic (exact) mass is 393 g/mol. The number of hydrogen-bond acceptors (Lipinski definition) is 4. The zero-order chi connectivity index (χ0) is 19.6. The van der Waals surface area contributed by atoms with E-state index in [-0.39, 0.29) is 24.1 Å². The Kier molecular flexibility index (Phi) is 5.58. The van der Waals surface area contributed by atoms with Crippen LogP contribution in [0.2, 0.25) is 5.02 Å². The minimum atomic E-state index is -0.601. The summed E-state index contributed by atoms with van der Waals surface area (Å²) >= 11 is 5.75. The number of aliphatic hydroxyl groups is 1. The predicted molar refractivity (Wildman–Crippen MR) is 100 cm³/mol. The van der Waals surface area contributed by atoms with Gasteiger partial charge in [0.2, 0.25) is 0 Å². The van der Waals surface area contributed by atoms with Gasteiger partial charge >= 0.3 is 0 Å². The van der Waals surface area contributed by atoms with Crippen LogP contribution in [0.25, 0.3) is 0 Å². The van der Waals surface area contributed by atoms with Gasteiger partial charge in [-0.25, -0.2) is 4.39 Å². The number of hydrogen-bond donors (Lipinski definition) is 2. The molecule has 5 nitrogen and oxygen atoms in total. The third kappa shape index (κ3) is 4.17. The Bertz CT molecular complexity index is 873. The van der Waals surface area contributed by atoms with Crippen molar-refractivity contribution in [1.82, 2.24) is 5.32 Å². The third-order valence-electron chi connectivity index (χ3n) is 4.49. The average molecular weight is 394 g/mol. The van der Waals surface area contributed by atoms with E-state index in [0.29, 0.717) is 29.9 Å². The van der Waals surface area contributed by atoms with Crippen molar-refractivity contribution in [2.45, 2.75) is 25.4 Å². The number of methoxy groups -OCH3 is 1. The van der Waals surface area contributed by atoms with Crippen LogP contribution in [-0.4, -0.2) is 36.9 Å². The molecule has 0 fully saturated rings. The highest BCUT2D eigenvalue weighted by Gasteiger charge is 2.37. The van der Waals surface area contributed by atoms with Gasteiger partial charge in [-0.3, -0.25) is 4.79 Å². The smallest absolute Gasteiger partial charge is 0.251 e. The Balaban J connectivity index is 1.85. The second-order valence-electron chi connectivity index (χ2n) is 6.80. The van der Waals surface area contributed by atoms with Crippen molar-refractivity contribution >= 4 is 17.5 Å². The molecule has 1 aliphatic rings. The van der Waals surface area contributed by atoms with Crippen molar-refractivity contribution in [3.8, 4) is 11.5 Å². The molecule has 7 heteroatoms. The number of carbonyl (C=O) groups excluding carboxylic acids is 1. The molecule has 144 valence electrons. The van der Waals surface area contributed by atoms with E-state index in [1.165, 1.54) is 19.2 Å². The van der Waals surface area contributed by atoms with E-state index >= 15 is 0 Å². The van der Waals surface area contributed by atoms with E-state index in [2.05, 4.69) is 5.32 Å². The van der Waals surface area contributed by atoms with E-state index in [1.54, 1.807) is 18.2 Å². The van der Waals surface area contributed by atoms with Crippen molar-refractivity contribution in [1.29, 1.82) is 0 Å². The first-order valence-corrected chi connectivity index (χ1v) is 8.96. The number of nitrogens with one attached hydrogen (secondary N) is 1. The second-order valence-corrected chi connectivity index (χ2v) is 7.21. The predicted octanol–water partition coefficient (Wildman–Crippen LogP) is 3.15. The van der Waals surface area contributed by atoms with Crippen molar-refractivity contribution in [2.75, 3.05) is 20.3 Å². The van der Waals surface area contributed by atoms with Gasteiger partial charge in [0.25, 0.3) is 5.91 Å². The standard InChI is InChI=1S/C20H21ClFNO4/c1-20(10-12-3-4-15(21)16(22)7-12)11-14-8-13(19(25)23-5-6-24)9-17(26-2)18(14)27-20/h3-4,7-9,24H,5-6,10-11H2,1-2H3,(H,23,25)/t20-/m0/s1. The molecule has 0 saturated carbocycles. The van der Waals surface area contributed by atoms with Crippen molar-refractivity contribution in [3.05, 3.63) is 57.9 Å². The fourth-order valence-corrected chi connectivity index (χ4v) is 3.44. The second kappa shape index (κ2) is 7.74. The average Bonchev–Trinajstić information content (AvgIpc) is 2.97. The number of carbonyl (C=O) groups is 1. The molecule has 0 unspecified atom stereocenters. The van der Waals surface area contributed by atoms with Gasteiger partial charge in [0, 0.05) is 30.5 Å². The lowest BCUT2D eigenvalue weighted by Gasteiger charge is -2.24. The highest BCUT2D eigenvalue weighted by molar-refractivity contribution is 6.30. The quantitative estimate of drug-likeness (QED) is 0.791. The number of fused-ring (bicyclic) bond motifs is 1. The summed E-state index contributed by atoms with van der Waals surface area (Å²) in [5.41, 5.74) is 1.45. The van der Waals surface area contributed by atoms with Crippen LogP contribution in [0.1, 0.15) is 28.4 Å². The molecule has 2 aromatic rings. The Hall–Kier alpha value is -2.31. The first-order chi connectivity index (χ1) is 12.8. The Morgan fingerprint density at radius 1 is 1.41 bits per heavy atom. The first kappa shape index (κ1) is 19.5. The maximum atomic E-state index is 13.7. The molecular formula is C20H21ClFNO4. The van der Waals surface area contributed by atoms with Crippen molar-refractivity contribution in [2.24, 2.45) is 0 Å². The fourth-order valence-electron chi connectivity index (χ4n) is 3.33. The van der Waals surface area contributed by atoms with Crippen LogP contribution in [0, 0.1) is 5.82 Å². The zero-order valence-corrected chi connectivity index (χ0v) is 15.9. The molecule has 0 aliphatic carbocycles. The molecule has 2 aromatic carbocycles. The number of benzene rings is 2. The molecule has 3 rings (SSSR count). The number of aliphatic hydroxyl groups excluding tert-OH is 1. The third-order valence-corrected chi connectivity index (χ3v) is 4.79. The lowest BCUT2D eigenvalue weighted by Crippen LogP contribution is -2.33. The van der Waals surface area contributed by atoms with Gasteiger partial charge in [0.05, 0.1) is 18.7 Å². The van der Waals surface area contributed by atoms with Crippen molar-refractivity contribution < 1.29 is 23.8 Å². The van der Waals surface area contributed by atoms with Crippen molar-refractivity contribution in [3.63, 3.8) is 0 Å². The molecule has 0 saturated heterocycles. The Morgan fingerprint density at radius 3 is 2.85 bits per heavy atom. The van der Waals surface area contributed by atoms with Gasteiger partial charge in [-0.05, 0) is 36.8 Å². The molecule has 0 aromatic heterocycles. The summed E-state index contributed by atoms with van der Waals surface area (Å²) < 4.78 is 25.3. The Morgan fingerprint density at radius 2 is 2.19 bits per heavy atom. The maximum Gasteiger partial charge on any atom is 0.251 e. The molecule has 2 N–H and O–H groups in total. The summed E-state index contributed by atoms with van der Waals surface area (Å²) in [7, 11) is 1.51.